The molecule has 2 nitrogen and oxygen atoms in total. The van der Waals surface area contributed by atoms with Gasteiger partial charge in [0.1, 0.15) is 5.82 Å². The Labute approximate surface area is 122 Å². The number of benzene rings is 3. The summed E-state index contributed by atoms with van der Waals surface area (Å²) in [6.07, 6.45) is 0. The lowest BCUT2D eigenvalue weighted by Crippen LogP contribution is -2.02. The molecule has 0 saturated heterocycles. The zero-order valence-electron chi connectivity index (χ0n) is 10.6. The topological polar surface area (TPSA) is 40.5 Å². The molecule has 0 radical (unpaired) electrons. The molecule has 2 N–H and O–H groups in total. The Hall–Kier alpha value is -2.71. The lowest BCUT2D eigenvalue weighted by atomic mass is 9.98. The first-order valence-electron chi connectivity index (χ1n) is 5.85. The van der Waals surface area contributed by atoms with Gasteiger partial charge in [0.05, 0.1) is 5.39 Å². The summed E-state index contributed by atoms with van der Waals surface area (Å²) in [5, 5.41) is 14.2. The maximum absolute atomic E-state index is 13.9. The monoisotopic (exact) mass is 336 g/mol. The van der Waals surface area contributed by atoms with E-state index in [0.29, 0.717) is 0 Å². The maximum Gasteiger partial charge on any atom is 0.204 e. The van der Waals surface area contributed by atoms with E-state index >= 15 is 0 Å². The summed E-state index contributed by atoms with van der Waals surface area (Å²) in [5.74, 6) is -17.8. The molecule has 120 valence electrons. The highest BCUT2D eigenvalue weighted by molar-refractivity contribution is 6.13. The van der Waals surface area contributed by atoms with Crippen molar-refractivity contribution in [3.8, 4) is 11.5 Å². The van der Waals surface area contributed by atoms with Crippen LogP contribution in [-0.4, -0.2) is 10.2 Å². The third-order valence-corrected chi connectivity index (χ3v) is 3.40. The van der Waals surface area contributed by atoms with Crippen LogP contribution < -0.4 is 0 Å². The summed E-state index contributed by atoms with van der Waals surface area (Å²) in [6, 6.07) is 0.231. The quantitative estimate of drug-likeness (QED) is 0.210. The van der Waals surface area contributed by atoms with Gasteiger partial charge in [0.2, 0.25) is 11.6 Å². The van der Waals surface area contributed by atoms with E-state index in [0.717, 1.165) is 0 Å². The summed E-state index contributed by atoms with van der Waals surface area (Å²) in [4.78, 5) is 0. The van der Waals surface area contributed by atoms with Crippen LogP contribution in [0.25, 0.3) is 21.5 Å². The number of fused-ring (bicyclic) bond motifs is 3. The van der Waals surface area contributed by atoms with E-state index < -0.39 is 73.8 Å². The molecule has 0 unspecified atom stereocenters. The van der Waals surface area contributed by atoms with Crippen LogP contribution in [0, 0.1) is 40.7 Å². The molecule has 23 heavy (non-hydrogen) atoms. The largest absolute Gasteiger partial charge is 0.504 e. The van der Waals surface area contributed by atoms with Gasteiger partial charge >= 0.3 is 0 Å². The van der Waals surface area contributed by atoms with Crippen molar-refractivity contribution >= 4 is 21.5 Å². The number of phenolic OH excluding ortho intramolecular Hbond substituents is 2. The zero-order valence-corrected chi connectivity index (χ0v) is 10.6. The first kappa shape index (κ1) is 15.2. The molecule has 0 amide bonds. The van der Waals surface area contributed by atoms with Crippen LogP contribution in [0.2, 0.25) is 0 Å². The van der Waals surface area contributed by atoms with Crippen LogP contribution in [0.5, 0.6) is 11.5 Å². The third-order valence-electron chi connectivity index (χ3n) is 3.40. The summed E-state index contributed by atoms with van der Waals surface area (Å²) < 4.78 is 95.0. The molecule has 3 aromatic carbocycles. The number of halogens is 7. The molecule has 0 aromatic heterocycles. The van der Waals surface area contributed by atoms with Gasteiger partial charge in [0.15, 0.2) is 34.8 Å². The van der Waals surface area contributed by atoms with Crippen molar-refractivity contribution in [2.75, 3.05) is 0 Å². The summed E-state index contributed by atoms with van der Waals surface area (Å²) in [5.41, 5.74) is 0. The van der Waals surface area contributed by atoms with Gasteiger partial charge < -0.3 is 10.2 Å². The minimum absolute atomic E-state index is 0.231. The molecule has 9 heteroatoms. The van der Waals surface area contributed by atoms with Crippen molar-refractivity contribution in [1.29, 1.82) is 0 Å². The van der Waals surface area contributed by atoms with Gasteiger partial charge in [-0.15, -0.1) is 0 Å². The molecule has 0 spiro atoms. The predicted molar refractivity (Wildman–Crippen MR) is 64.5 cm³/mol. The van der Waals surface area contributed by atoms with Crippen LogP contribution in [-0.2, 0) is 0 Å². The molecule has 0 heterocycles. The van der Waals surface area contributed by atoms with Gasteiger partial charge in [-0.25, -0.2) is 22.0 Å². The highest BCUT2D eigenvalue weighted by Crippen LogP contribution is 2.44. The molecule has 0 fully saturated rings. The second-order valence-electron chi connectivity index (χ2n) is 4.61. The van der Waals surface area contributed by atoms with Crippen molar-refractivity contribution in [3.05, 3.63) is 46.8 Å². The normalized spacial score (nSPS) is 11.6. The lowest BCUT2D eigenvalue weighted by Gasteiger charge is -2.12. The highest BCUT2D eigenvalue weighted by atomic mass is 19.2. The fourth-order valence-electron chi connectivity index (χ4n) is 2.37. The second kappa shape index (κ2) is 4.64. The minimum atomic E-state index is -2.34. The smallest absolute Gasteiger partial charge is 0.204 e. The number of rotatable bonds is 0. The molecule has 0 aliphatic rings. The highest BCUT2D eigenvalue weighted by Gasteiger charge is 2.29. The van der Waals surface area contributed by atoms with Crippen LogP contribution in [0.4, 0.5) is 30.7 Å². The van der Waals surface area contributed by atoms with Crippen molar-refractivity contribution in [2.45, 2.75) is 0 Å². The molecular weight excluding hydrogens is 333 g/mol. The second-order valence-corrected chi connectivity index (χ2v) is 4.61. The fourth-order valence-corrected chi connectivity index (χ4v) is 2.37. The van der Waals surface area contributed by atoms with E-state index in [1.807, 2.05) is 0 Å². The van der Waals surface area contributed by atoms with Crippen LogP contribution in [0.3, 0.4) is 0 Å². The van der Waals surface area contributed by atoms with Gasteiger partial charge in [-0.05, 0) is 6.07 Å². The first-order chi connectivity index (χ1) is 10.7. The molecule has 0 atom stereocenters. The average Bonchev–Trinajstić information content (AvgIpc) is 2.53. The lowest BCUT2D eigenvalue weighted by molar-refractivity contribution is 0.382. The van der Waals surface area contributed by atoms with Crippen LogP contribution in [0.1, 0.15) is 0 Å². The Morgan fingerprint density at radius 1 is 0.522 bits per heavy atom. The molecule has 0 saturated carbocycles. The molecule has 0 bridgehead atoms. The van der Waals surface area contributed by atoms with Crippen LogP contribution in [0.15, 0.2) is 6.07 Å². The van der Waals surface area contributed by atoms with E-state index in [9.17, 15) is 40.9 Å². The Morgan fingerprint density at radius 2 is 1.00 bits per heavy atom. The Bertz CT molecular complexity index is 1010. The molecule has 0 aliphatic heterocycles. The van der Waals surface area contributed by atoms with Gasteiger partial charge in [-0.3, -0.25) is 0 Å². The first-order valence-corrected chi connectivity index (χ1v) is 5.85. The average molecular weight is 336 g/mol. The summed E-state index contributed by atoms with van der Waals surface area (Å²) >= 11 is 0. The van der Waals surface area contributed by atoms with Gasteiger partial charge in [0.25, 0.3) is 0 Å². The zero-order chi connectivity index (χ0) is 17.2. The van der Waals surface area contributed by atoms with E-state index in [1.165, 1.54) is 0 Å². The van der Waals surface area contributed by atoms with Crippen molar-refractivity contribution in [1.82, 2.24) is 0 Å². The number of hydrogen-bond acceptors (Lipinski definition) is 2. The Kier molecular flexibility index (Phi) is 3.07. The van der Waals surface area contributed by atoms with Gasteiger partial charge in [-0.2, -0.15) is 8.78 Å². The molecule has 0 aliphatic carbocycles. The van der Waals surface area contributed by atoms with E-state index in [2.05, 4.69) is 0 Å². The summed E-state index contributed by atoms with van der Waals surface area (Å²) in [6.45, 7) is 0. The van der Waals surface area contributed by atoms with Crippen LogP contribution >= 0.6 is 0 Å². The molecular formula is C14H3F7O2. The predicted octanol–water partition coefficient (Wildman–Crippen LogP) is 4.38. The van der Waals surface area contributed by atoms with Crippen molar-refractivity contribution in [3.63, 3.8) is 0 Å². The number of aromatic hydroxyl groups is 2. The van der Waals surface area contributed by atoms with Crippen molar-refractivity contribution < 1.29 is 40.9 Å². The van der Waals surface area contributed by atoms with Gasteiger partial charge in [0, 0.05) is 16.2 Å². The SMILES string of the molecule is Oc1c(F)c(F)c(O)c2c1cc(F)c1c(F)c(F)c(F)c(F)c12. The van der Waals surface area contributed by atoms with E-state index in [4.69, 9.17) is 0 Å². The molecule has 3 aromatic rings. The van der Waals surface area contributed by atoms with Gasteiger partial charge in [-0.1, -0.05) is 0 Å². The Balaban J connectivity index is 2.80. The van der Waals surface area contributed by atoms with E-state index in [1.54, 1.807) is 0 Å². The minimum Gasteiger partial charge on any atom is -0.504 e. The summed E-state index contributed by atoms with van der Waals surface area (Å²) in [7, 11) is 0. The Morgan fingerprint density at radius 3 is 1.57 bits per heavy atom. The fraction of sp³-hybridized carbons (Fsp3) is 0. The number of hydrogen-bond donors (Lipinski definition) is 2. The standard InChI is InChI=1S/C14H3F7O2/c15-3-1-2-4(14(23)12(21)11(20)13(2)22)6-5(3)7(16)9(18)10(19)8(6)17/h1,22-23H. The number of phenols is 2. The van der Waals surface area contributed by atoms with E-state index in [-0.39, 0.29) is 6.07 Å². The molecule has 3 rings (SSSR count). The third kappa shape index (κ3) is 1.76. The maximum atomic E-state index is 13.9. The van der Waals surface area contributed by atoms with Crippen molar-refractivity contribution in [2.24, 2.45) is 0 Å².